The van der Waals surface area contributed by atoms with Gasteiger partial charge in [-0.05, 0) is 53.5 Å². The highest BCUT2D eigenvalue weighted by Gasteiger charge is 2.34. The highest BCUT2D eigenvalue weighted by molar-refractivity contribution is 5.71. The van der Waals surface area contributed by atoms with E-state index in [4.69, 9.17) is 14.2 Å². The monoisotopic (exact) mass is 449 g/mol. The third-order valence-corrected chi connectivity index (χ3v) is 4.36. The first-order chi connectivity index (χ1) is 14.8. The van der Waals surface area contributed by atoms with Crippen LogP contribution < -0.4 is 10.6 Å². The molecule has 1 heterocycles. The van der Waals surface area contributed by atoms with Crippen molar-refractivity contribution in [3.05, 3.63) is 35.9 Å². The molecule has 0 spiro atoms. The van der Waals surface area contributed by atoms with Gasteiger partial charge in [0, 0.05) is 13.1 Å². The molecule has 1 aromatic carbocycles. The summed E-state index contributed by atoms with van der Waals surface area (Å²) in [5, 5.41) is 5.57. The molecule has 32 heavy (non-hydrogen) atoms. The minimum Gasteiger partial charge on any atom is -0.445 e. The van der Waals surface area contributed by atoms with Crippen LogP contribution in [0.15, 0.2) is 30.3 Å². The lowest BCUT2D eigenvalue weighted by Gasteiger charge is -2.38. The van der Waals surface area contributed by atoms with E-state index in [1.165, 1.54) is 4.90 Å². The molecule has 2 N–H and O–H groups in total. The minimum atomic E-state index is -0.652. The molecule has 0 unspecified atom stereocenters. The van der Waals surface area contributed by atoms with Crippen molar-refractivity contribution in [2.24, 2.45) is 0 Å². The van der Waals surface area contributed by atoms with Gasteiger partial charge in [0.25, 0.3) is 0 Å². The van der Waals surface area contributed by atoms with Gasteiger partial charge in [-0.3, -0.25) is 0 Å². The molecule has 2 atom stereocenters. The Hall–Kier alpha value is -2.97. The lowest BCUT2D eigenvalue weighted by molar-refractivity contribution is 0.0375. The molecule has 1 aromatic rings. The third-order valence-electron chi connectivity index (χ3n) is 4.36. The lowest BCUT2D eigenvalue weighted by Crippen LogP contribution is -2.59. The van der Waals surface area contributed by atoms with Crippen LogP contribution in [-0.2, 0) is 20.8 Å². The van der Waals surface area contributed by atoms with Gasteiger partial charge in [-0.15, -0.1) is 0 Å². The molecule has 178 valence electrons. The van der Waals surface area contributed by atoms with E-state index < -0.39 is 41.6 Å². The number of nitrogens with one attached hydrogen (secondary N) is 2. The Labute approximate surface area is 189 Å². The Balaban J connectivity index is 2.03. The molecule has 0 aromatic heterocycles. The van der Waals surface area contributed by atoms with Crippen LogP contribution >= 0.6 is 0 Å². The van der Waals surface area contributed by atoms with E-state index in [0.717, 1.165) is 5.56 Å². The van der Waals surface area contributed by atoms with E-state index >= 15 is 0 Å². The molecule has 9 heteroatoms. The summed E-state index contributed by atoms with van der Waals surface area (Å²) < 4.78 is 16.1. The van der Waals surface area contributed by atoms with Gasteiger partial charge in [-0.1, -0.05) is 30.3 Å². The predicted molar refractivity (Wildman–Crippen MR) is 119 cm³/mol. The average molecular weight is 450 g/mol. The van der Waals surface area contributed by atoms with Crippen molar-refractivity contribution in [3.63, 3.8) is 0 Å². The number of benzene rings is 1. The molecule has 2 rings (SSSR count). The second kappa shape index (κ2) is 10.6. The van der Waals surface area contributed by atoms with Gasteiger partial charge in [0.05, 0.1) is 12.1 Å². The average Bonchev–Trinajstić information content (AvgIpc) is 2.63. The summed E-state index contributed by atoms with van der Waals surface area (Å²) in [6, 6.07) is 8.49. The number of hydrogen-bond acceptors (Lipinski definition) is 6. The van der Waals surface area contributed by atoms with Crippen LogP contribution in [0.4, 0.5) is 14.4 Å². The van der Waals surface area contributed by atoms with Crippen molar-refractivity contribution in [1.29, 1.82) is 0 Å². The molecule has 1 saturated heterocycles. The van der Waals surface area contributed by atoms with E-state index in [0.29, 0.717) is 6.42 Å². The summed E-state index contributed by atoms with van der Waals surface area (Å²) in [5.41, 5.74) is -0.438. The lowest BCUT2D eigenvalue weighted by atomic mass is 10.0. The summed E-state index contributed by atoms with van der Waals surface area (Å²) in [6.45, 7) is 11.2. The third kappa shape index (κ3) is 9.45. The molecule has 1 aliphatic heterocycles. The van der Waals surface area contributed by atoms with Gasteiger partial charge in [-0.25, -0.2) is 14.4 Å². The van der Waals surface area contributed by atoms with Crippen LogP contribution in [0.1, 0.15) is 53.5 Å². The first kappa shape index (κ1) is 25.3. The molecule has 0 aliphatic carbocycles. The maximum atomic E-state index is 12.7. The van der Waals surface area contributed by atoms with Crippen LogP contribution in [0, 0.1) is 0 Å². The van der Waals surface area contributed by atoms with Crippen LogP contribution in [0.3, 0.4) is 0 Å². The number of rotatable bonds is 4. The van der Waals surface area contributed by atoms with Crippen molar-refractivity contribution < 1.29 is 28.6 Å². The fourth-order valence-electron chi connectivity index (χ4n) is 3.22. The van der Waals surface area contributed by atoms with E-state index in [1.807, 2.05) is 30.3 Å². The van der Waals surface area contributed by atoms with Gasteiger partial charge in [0.15, 0.2) is 0 Å². The van der Waals surface area contributed by atoms with Crippen molar-refractivity contribution >= 4 is 18.3 Å². The Bertz CT molecular complexity index is 747. The quantitative estimate of drug-likeness (QED) is 0.677. The molecular formula is C23H35N3O6. The van der Waals surface area contributed by atoms with Crippen molar-refractivity contribution in [2.75, 3.05) is 13.1 Å². The Kier molecular flexibility index (Phi) is 8.35. The van der Waals surface area contributed by atoms with Crippen molar-refractivity contribution in [1.82, 2.24) is 15.5 Å². The second-order valence-electron chi connectivity index (χ2n) is 9.87. The number of likely N-dealkylation sites (tertiary alicyclic amines) is 1. The standard InChI is InChI=1S/C23H35N3O6/c1-22(2,3)31-19(27)24-17-12-18(25-20(28)32-23(4,5)6)14-26(13-17)21(29)30-15-16-10-8-7-9-11-16/h7-11,17-18H,12-15H2,1-6H3,(H,24,27)(H,25,28)/t17-,18-/m0/s1. The maximum Gasteiger partial charge on any atom is 0.410 e. The Morgan fingerprint density at radius 2 is 1.34 bits per heavy atom. The number of carbonyl (C=O) groups excluding carboxylic acids is 3. The molecule has 0 radical (unpaired) electrons. The Morgan fingerprint density at radius 3 is 1.78 bits per heavy atom. The zero-order chi connectivity index (χ0) is 23.9. The Morgan fingerprint density at radius 1 is 0.875 bits per heavy atom. The number of alkyl carbamates (subject to hydrolysis) is 2. The summed E-state index contributed by atoms with van der Waals surface area (Å²) >= 11 is 0. The highest BCUT2D eigenvalue weighted by Crippen LogP contribution is 2.16. The number of nitrogens with zero attached hydrogens (tertiary/aromatic N) is 1. The number of carbonyl (C=O) groups is 3. The normalized spacial score (nSPS) is 19.0. The number of hydrogen-bond donors (Lipinski definition) is 2. The first-order valence-electron chi connectivity index (χ1n) is 10.8. The number of piperidine rings is 1. The molecule has 0 saturated carbocycles. The summed E-state index contributed by atoms with van der Waals surface area (Å²) in [7, 11) is 0. The predicted octanol–water partition coefficient (Wildman–Crippen LogP) is 3.82. The number of ether oxygens (including phenoxy) is 3. The SMILES string of the molecule is CC(C)(C)OC(=O)N[C@H]1C[C@H](NC(=O)OC(C)(C)C)CN(C(=O)OCc2ccccc2)C1. The van der Waals surface area contributed by atoms with E-state index in [2.05, 4.69) is 10.6 Å². The fourth-order valence-corrected chi connectivity index (χ4v) is 3.22. The van der Waals surface area contributed by atoms with Crippen molar-refractivity contribution in [3.8, 4) is 0 Å². The number of amides is 3. The zero-order valence-electron chi connectivity index (χ0n) is 19.8. The summed E-state index contributed by atoms with van der Waals surface area (Å²) in [4.78, 5) is 38.7. The molecule has 3 amide bonds. The van der Waals surface area contributed by atoms with Gasteiger partial charge < -0.3 is 29.7 Å². The maximum absolute atomic E-state index is 12.7. The topological polar surface area (TPSA) is 106 Å². The molecule has 9 nitrogen and oxygen atoms in total. The largest absolute Gasteiger partial charge is 0.445 e. The molecule has 1 aliphatic rings. The molecule has 1 fully saturated rings. The first-order valence-corrected chi connectivity index (χ1v) is 10.8. The van der Waals surface area contributed by atoms with Gasteiger partial charge in [0.2, 0.25) is 0 Å². The fraction of sp³-hybridized carbons (Fsp3) is 0.609. The van der Waals surface area contributed by atoms with Crippen LogP contribution in [0.2, 0.25) is 0 Å². The van der Waals surface area contributed by atoms with Crippen LogP contribution in [0.25, 0.3) is 0 Å². The second-order valence-corrected chi connectivity index (χ2v) is 9.87. The van der Waals surface area contributed by atoms with Crippen LogP contribution in [-0.4, -0.2) is 59.6 Å². The van der Waals surface area contributed by atoms with E-state index in [9.17, 15) is 14.4 Å². The van der Waals surface area contributed by atoms with E-state index in [1.54, 1.807) is 41.5 Å². The smallest absolute Gasteiger partial charge is 0.410 e. The van der Waals surface area contributed by atoms with E-state index in [-0.39, 0.29) is 19.7 Å². The highest BCUT2D eigenvalue weighted by atomic mass is 16.6. The van der Waals surface area contributed by atoms with Gasteiger partial charge >= 0.3 is 18.3 Å². The van der Waals surface area contributed by atoms with Crippen LogP contribution in [0.5, 0.6) is 0 Å². The minimum absolute atomic E-state index is 0.129. The zero-order valence-corrected chi connectivity index (χ0v) is 19.8. The summed E-state index contributed by atoms with van der Waals surface area (Å²) in [5.74, 6) is 0. The van der Waals surface area contributed by atoms with Gasteiger partial charge in [-0.2, -0.15) is 0 Å². The summed E-state index contributed by atoms with van der Waals surface area (Å²) in [6.07, 6.45) is -1.28. The van der Waals surface area contributed by atoms with Gasteiger partial charge in [0.1, 0.15) is 17.8 Å². The molecule has 0 bridgehead atoms. The van der Waals surface area contributed by atoms with Crippen molar-refractivity contribution in [2.45, 2.75) is 77.9 Å². The molecular weight excluding hydrogens is 414 g/mol.